The summed E-state index contributed by atoms with van der Waals surface area (Å²) < 4.78 is 33.4. The van der Waals surface area contributed by atoms with Crippen LogP contribution in [0.2, 0.25) is 0 Å². The number of aryl methyl sites for hydroxylation is 2. The van der Waals surface area contributed by atoms with Crippen molar-refractivity contribution in [2.24, 2.45) is 0 Å². The minimum atomic E-state index is -0.558. The summed E-state index contributed by atoms with van der Waals surface area (Å²) in [7, 11) is 1.68. The summed E-state index contributed by atoms with van der Waals surface area (Å²) in [6.07, 6.45) is 0. The molecule has 1 atom stereocenters. The maximum atomic E-state index is 13.9. The van der Waals surface area contributed by atoms with E-state index >= 15 is 0 Å². The van der Waals surface area contributed by atoms with Crippen LogP contribution in [0.15, 0.2) is 22.6 Å². The first-order valence-corrected chi connectivity index (χ1v) is 6.15. The molecule has 0 aliphatic heterocycles. The highest BCUT2D eigenvalue weighted by molar-refractivity contribution is 5.41. The van der Waals surface area contributed by atoms with Crippen molar-refractivity contribution in [2.75, 3.05) is 7.05 Å². The van der Waals surface area contributed by atoms with Gasteiger partial charge in [0.1, 0.15) is 23.2 Å². The van der Waals surface area contributed by atoms with Gasteiger partial charge >= 0.3 is 0 Å². The standard InChI is InChI=1S/C15H17F2NO/c1-8-9(2)19-10(3)13(8)15(18-4)14-11(16)6-5-7-12(14)17/h5-7,15,18H,1-4H3. The highest BCUT2D eigenvalue weighted by Gasteiger charge is 2.26. The molecule has 0 radical (unpaired) electrons. The quantitative estimate of drug-likeness (QED) is 0.913. The first-order chi connectivity index (χ1) is 8.97. The predicted molar refractivity (Wildman–Crippen MR) is 70.2 cm³/mol. The van der Waals surface area contributed by atoms with Crippen LogP contribution in [0.3, 0.4) is 0 Å². The van der Waals surface area contributed by atoms with Crippen molar-refractivity contribution in [2.45, 2.75) is 26.8 Å². The van der Waals surface area contributed by atoms with Gasteiger partial charge in [0.15, 0.2) is 0 Å². The highest BCUT2D eigenvalue weighted by atomic mass is 19.1. The Bertz CT molecular complexity index is 584. The molecule has 0 fully saturated rings. The molecule has 4 heteroatoms. The molecule has 0 aliphatic rings. The van der Waals surface area contributed by atoms with Crippen molar-refractivity contribution in [1.29, 1.82) is 0 Å². The second-order valence-electron chi connectivity index (χ2n) is 4.61. The van der Waals surface area contributed by atoms with Crippen LogP contribution < -0.4 is 5.32 Å². The normalized spacial score (nSPS) is 12.7. The highest BCUT2D eigenvalue weighted by Crippen LogP contribution is 2.33. The van der Waals surface area contributed by atoms with Gasteiger partial charge in [-0.25, -0.2) is 8.78 Å². The van der Waals surface area contributed by atoms with Crippen LogP contribution >= 0.6 is 0 Å². The van der Waals surface area contributed by atoms with Crippen LogP contribution in [0.5, 0.6) is 0 Å². The van der Waals surface area contributed by atoms with Crippen LogP contribution in [0.1, 0.15) is 34.3 Å². The first kappa shape index (κ1) is 13.7. The Morgan fingerprint density at radius 1 is 1.00 bits per heavy atom. The Labute approximate surface area is 111 Å². The Kier molecular flexibility index (Phi) is 3.71. The van der Waals surface area contributed by atoms with Gasteiger partial charge in [0.05, 0.1) is 6.04 Å². The molecule has 2 nitrogen and oxygen atoms in total. The van der Waals surface area contributed by atoms with Crippen LogP contribution in [-0.4, -0.2) is 7.05 Å². The Morgan fingerprint density at radius 2 is 1.58 bits per heavy atom. The molecule has 1 aromatic heterocycles. The number of hydrogen-bond acceptors (Lipinski definition) is 2. The average Bonchev–Trinajstić information content (AvgIpc) is 2.59. The third-order valence-corrected chi connectivity index (χ3v) is 3.48. The lowest BCUT2D eigenvalue weighted by atomic mass is 9.94. The van der Waals surface area contributed by atoms with Gasteiger partial charge in [-0.15, -0.1) is 0 Å². The molecule has 0 saturated carbocycles. The van der Waals surface area contributed by atoms with Gasteiger partial charge in [0.2, 0.25) is 0 Å². The van der Waals surface area contributed by atoms with E-state index in [0.717, 1.165) is 16.9 Å². The van der Waals surface area contributed by atoms with E-state index in [-0.39, 0.29) is 5.56 Å². The van der Waals surface area contributed by atoms with E-state index in [4.69, 9.17) is 4.42 Å². The first-order valence-electron chi connectivity index (χ1n) is 6.15. The Morgan fingerprint density at radius 3 is 2.00 bits per heavy atom. The van der Waals surface area contributed by atoms with E-state index in [0.29, 0.717) is 5.76 Å². The SMILES string of the molecule is CNC(c1c(F)cccc1F)c1c(C)oc(C)c1C. The molecule has 1 aromatic carbocycles. The summed E-state index contributed by atoms with van der Waals surface area (Å²) >= 11 is 0. The van der Waals surface area contributed by atoms with Crippen LogP contribution in [0.4, 0.5) is 8.78 Å². The van der Waals surface area contributed by atoms with Crippen LogP contribution in [-0.2, 0) is 0 Å². The summed E-state index contributed by atoms with van der Waals surface area (Å²) in [6.45, 7) is 5.54. The third-order valence-electron chi connectivity index (χ3n) is 3.48. The number of furan rings is 1. The van der Waals surface area contributed by atoms with Gasteiger partial charge in [-0.1, -0.05) is 6.07 Å². The average molecular weight is 265 g/mol. The van der Waals surface area contributed by atoms with E-state index in [9.17, 15) is 8.78 Å². The molecule has 2 rings (SSSR count). The monoisotopic (exact) mass is 265 g/mol. The van der Waals surface area contributed by atoms with E-state index < -0.39 is 17.7 Å². The fourth-order valence-corrected chi connectivity index (χ4v) is 2.45. The fourth-order valence-electron chi connectivity index (χ4n) is 2.45. The molecule has 1 N–H and O–H groups in total. The zero-order valence-corrected chi connectivity index (χ0v) is 11.5. The van der Waals surface area contributed by atoms with Gasteiger partial charge in [-0.2, -0.15) is 0 Å². The van der Waals surface area contributed by atoms with Crippen molar-refractivity contribution in [3.05, 3.63) is 58.0 Å². The van der Waals surface area contributed by atoms with Gasteiger partial charge in [0, 0.05) is 11.1 Å². The molecule has 1 heterocycles. The predicted octanol–water partition coefficient (Wildman–Crippen LogP) is 3.79. The minimum Gasteiger partial charge on any atom is -0.466 e. The number of hydrogen-bond donors (Lipinski definition) is 1. The van der Waals surface area contributed by atoms with Crippen molar-refractivity contribution in [1.82, 2.24) is 5.32 Å². The van der Waals surface area contributed by atoms with Crippen LogP contribution in [0.25, 0.3) is 0 Å². The summed E-state index contributed by atoms with van der Waals surface area (Å²) in [4.78, 5) is 0. The lowest BCUT2D eigenvalue weighted by Crippen LogP contribution is -2.21. The molecule has 0 bridgehead atoms. The topological polar surface area (TPSA) is 25.2 Å². The summed E-state index contributed by atoms with van der Waals surface area (Å²) in [5, 5.41) is 2.97. The Hall–Kier alpha value is -1.68. The number of rotatable bonds is 3. The molecule has 0 aliphatic carbocycles. The summed E-state index contributed by atoms with van der Waals surface area (Å²) in [5.41, 5.74) is 1.74. The molecule has 1 unspecified atom stereocenters. The van der Waals surface area contributed by atoms with E-state index in [1.54, 1.807) is 14.0 Å². The van der Waals surface area contributed by atoms with Crippen molar-refractivity contribution in [3.63, 3.8) is 0 Å². The summed E-state index contributed by atoms with van der Waals surface area (Å²) in [5.74, 6) is 0.329. The van der Waals surface area contributed by atoms with Gasteiger partial charge in [-0.05, 0) is 45.5 Å². The van der Waals surface area contributed by atoms with Crippen molar-refractivity contribution in [3.8, 4) is 0 Å². The molecule has 0 spiro atoms. The lowest BCUT2D eigenvalue weighted by molar-refractivity contribution is 0.488. The smallest absolute Gasteiger partial charge is 0.131 e. The molecule has 0 amide bonds. The zero-order chi connectivity index (χ0) is 14.2. The molecular weight excluding hydrogens is 248 g/mol. The zero-order valence-electron chi connectivity index (χ0n) is 11.5. The maximum absolute atomic E-state index is 13.9. The van der Waals surface area contributed by atoms with E-state index in [1.807, 2.05) is 13.8 Å². The minimum absolute atomic E-state index is 0.0250. The van der Waals surface area contributed by atoms with Gasteiger partial charge < -0.3 is 9.73 Å². The second kappa shape index (κ2) is 5.13. The van der Waals surface area contributed by atoms with E-state index in [2.05, 4.69) is 5.32 Å². The largest absolute Gasteiger partial charge is 0.466 e. The van der Waals surface area contributed by atoms with E-state index in [1.165, 1.54) is 18.2 Å². The number of benzene rings is 1. The summed E-state index contributed by atoms with van der Waals surface area (Å²) in [6, 6.07) is 3.33. The molecule has 0 saturated heterocycles. The lowest BCUT2D eigenvalue weighted by Gasteiger charge is -2.18. The molecular formula is C15H17F2NO. The molecule has 102 valence electrons. The molecule has 19 heavy (non-hydrogen) atoms. The van der Waals surface area contributed by atoms with Gasteiger partial charge in [0.25, 0.3) is 0 Å². The Balaban J connectivity index is 2.63. The molecule has 2 aromatic rings. The van der Waals surface area contributed by atoms with Crippen molar-refractivity contribution >= 4 is 0 Å². The number of nitrogens with one attached hydrogen (secondary N) is 1. The second-order valence-corrected chi connectivity index (χ2v) is 4.61. The van der Waals surface area contributed by atoms with Crippen molar-refractivity contribution < 1.29 is 13.2 Å². The van der Waals surface area contributed by atoms with Crippen LogP contribution in [0, 0.1) is 32.4 Å². The number of halogens is 2. The van der Waals surface area contributed by atoms with Gasteiger partial charge in [-0.3, -0.25) is 0 Å². The maximum Gasteiger partial charge on any atom is 0.131 e. The third kappa shape index (κ3) is 2.28. The fraction of sp³-hybridized carbons (Fsp3) is 0.333.